The van der Waals surface area contributed by atoms with Crippen LogP contribution >= 0.6 is 0 Å². The Morgan fingerprint density at radius 2 is 1.78 bits per heavy atom. The van der Waals surface area contributed by atoms with Crippen molar-refractivity contribution in [3.63, 3.8) is 0 Å². The molecule has 50 heavy (non-hydrogen) atoms. The molecule has 0 radical (unpaired) electrons. The Labute approximate surface area is 295 Å². The van der Waals surface area contributed by atoms with E-state index in [0.29, 0.717) is 37.1 Å². The van der Waals surface area contributed by atoms with Crippen molar-refractivity contribution >= 4 is 11.7 Å². The summed E-state index contributed by atoms with van der Waals surface area (Å²) in [6, 6.07) is 18.0. The SMILES string of the molecule is CC(C)(C#N)Oc1ccc(-c2cccc(N(CC3CCC4(c5noc(C(C)(C)F)n5)CCCC3C4)C(=O)N3CCC(C(C)(C)O)CC3)c2)cc1. The maximum Gasteiger partial charge on any atom is 0.324 e. The van der Waals surface area contributed by atoms with E-state index in [9.17, 15) is 19.6 Å². The normalized spacial score (nSPS) is 23.3. The molecule has 2 heterocycles. The molecule has 3 aliphatic rings. The van der Waals surface area contributed by atoms with Crippen molar-refractivity contribution in [2.45, 2.75) is 115 Å². The highest BCUT2D eigenvalue weighted by atomic mass is 19.1. The van der Waals surface area contributed by atoms with E-state index in [1.807, 2.05) is 66.1 Å². The van der Waals surface area contributed by atoms with Crippen LogP contribution in [0, 0.1) is 29.1 Å². The minimum atomic E-state index is -1.69. The third-order valence-corrected chi connectivity index (χ3v) is 11.4. The topological polar surface area (TPSA) is 116 Å². The summed E-state index contributed by atoms with van der Waals surface area (Å²) >= 11 is 0. The van der Waals surface area contributed by atoms with Crippen LogP contribution in [-0.2, 0) is 11.1 Å². The lowest BCUT2D eigenvalue weighted by atomic mass is 9.58. The molecule has 10 heteroatoms. The first-order valence-electron chi connectivity index (χ1n) is 18.2. The quantitative estimate of drug-likeness (QED) is 0.240. The number of fused-ring (bicyclic) bond motifs is 2. The van der Waals surface area contributed by atoms with Gasteiger partial charge < -0.3 is 19.3 Å². The van der Waals surface area contributed by atoms with Gasteiger partial charge in [-0.25, -0.2) is 9.18 Å². The maximum atomic E-state index is 14.7. The number of ether oxygens (including phenoxy) is 1. The number of carbonyl (C=O) groups excluding carboxylic acids is 1. The van der Waals surface area contributed by atoms with Crippen LogP contribution in [0.15, 0.2) is 53.1 Å². The Hall–Kier alpha value is -3.97. The minimum absolute atomic E-state index is 0.000498. The number of rotatable bonds is 9. The predicted molar refractivity (Wildman–Crippen MR) is 190 cm³/mol. The monoisotopic (exact) mass is 685 g/mol. The van der Waals surface area contributed by atoms with Crippen LogP contribution in [0.1, 0.15) is 105 Å². The van der Waals surface area contributed by atoms with Crippen molar-refractivity contribution < 1.29 is 23.6 Å². The van der Waals surface area contributed by atoms with Gasteiger partial charge in [-0.05, 0) is 133 Å². The lowest BCUT2D eigenvalue weighted by Gasteiger charge is -2.48. The molecule has 3 fully saturated rings. The van der Waals surface area contributed by atoms with Gasteiger partial charge in [-0.1, -0.05) is 42.3 Å². The molecular weight excluding hydrogens is 633 g/mol. The Bertz CT molecular complexity index is 1690. The van der Waals surface area contributed by atoms with Crippen molar-refractivity contribution in [3.05, 3.63) is 60.2 Å². The summed E-state index contributed by atoms with van der Waals surface area (Å²) in [6.07, 6.45) is 7.27. The molecule has 1 aliphatic heterocycles. The van der Waals surface area contributed by atoms with Gasteiger partial charge >= 0.3 is 6.03 Å². The van der Waals surface area contributed by atoms with Gasteiger partial charge in [-0.3, -0.25) is 4.90 Å². The van der Waals surface area contributed by atoms with Crippen LogP contribution in [0.5, 0.6) is 5.75 Å². The number of aliphatic hydroxyl groups is 1. The average molecular weight is 686 g/mol. The Kier molecular flexibility index (Phi) is 9.77. The standard InChI is InChI=1S/C40H52FN5O4/c1-37(2,26-42)49-33-14-12-27(13-15-33)28-9-7-11-32(23-28)46(36(47)45-21-17-31(18-22-45)39(5,6)48)25-30-16-20-40(19-8-10-29(30)24-40)34-43-35(50-44-34)38(3,4)41/h7,9,11-15,23,29-31,48H,8,10,16-22,24-25H2,1-6H3. The number of hydrogen-bond acceptors (Lipinski definition) is 7. The fourth-order valence-electron chi connectivity index (χ4n) is 8.33. The molecule has 9 nitrogen and oxygen atoms in total. The summed E-state index contributed by atoms with van der Waals surface area (Å²) in [7, 11) is 0. The largest absolute Gasteiger partial charge is 0.473 e. The first-order valence-corrected chi connectivity index (χ1v) is 18.2. The molecule has 1 N–H and O–H groups in total. The second-order valence-electron chi connectivity index (χ2n) is 16.4. The van der Waals surface area contributed by atoms with Crippen LogP contribution in [0.4, 0.5) is 14.9 Å². The summed E-state index contributed by atoms with van der Waals surface area (Å²) in [6.45, 7) is 11.9. The number of nitrogens with zero attached hydrogens (tertiary/aromatic N) is 5. The van der Waals surface area contributed by atoms with E-state index in [1.165, 1.54) is 13.8 Å². The fraction of sp³-hybridized carbons (Fsp3) is 0.600. The number of benzene rings is 2. The van der Waals surface area contributed by atoms with Crippen LogP contribution in [0.25, 0.3) is 11.1 Å². The number of piperidine rings is 1. The molecule has 3 atom stereocenters. The third kappa shape index (κ3) is 7.68. The molecule has 2 aliphatic carbocycles. The van der Waals surface area contributed by atoms with Gasteiger partial charge in [0.2, 0.25) is 0 Å². The van der Waals surface area contributed by atoms with E-state index >= 15 is 0 Å². The van der Waals surface area contributed by atoms with Crippen molar-refractivity contribution in [2.75, 3.05) is 24.5 Å². The number of halogens is 1. The molecule has 1 saturated heterocycles. The summed E-state index contributed by atoms with van der Waals surface area (Å²) in [5, 5.41) is 24.3. The highest BCUT2D eigenvalue weighted by molar-refractivity contribution is 5.93. The highest BCUT2D eigenvalue weighted by Crippen LogP contribution is 2.52. The van der Waals surface area contributed by atoms with Crippen molar-refractivity contribution in [3.8, 4) is 22.9 Å². The lowest BCUT2D eigenvalue weighted by Crippen LogP contribution is -2.52. The van der Waals surface area contributed by atoms with Gasteiger partial charge in [0, 0.05) is 30.7 Å². The summed E-state index contributed by atoms with van der Waals surface area (Å²) in [5.41, 5.74) is -0.797. The molecule has 0 spiro atoms. The van der Waals surface area contributed by atoms with Gasteiger partial charge in [-0.15, -0.1) is 0 Å². The number of likely N-dealkylation sites (tertiary alicyclic amines) is 1. The first-order chi connectivity index (χ1) is 23.6. The van der Waals surface area contributed by atoms with Crippen LogP contribution in [0.2, 0.25) is 0 Å². The molecule has 3 aromatic rings. The Morgan fingerprint density at radius 3 is 2.42 bits per heavy atom. The van der Waals surface area contributed by atoms with Crippen LogP contribution < -0.4 is 9.64 Å². The third-order valence-electron chi connectivity index (χ3n) is 11.4. The molecule has 3 unspecified atom stereocenters. The summed E-state index contributed by atoms with van der Waals surface area (Å²) in [5.74, 6) is 2.09. The number of anilines is 1. The Morgan fingerprint density at radius 1 is 1.06 bits per heavy atom. The van der Waals surface area contributed by atoms with Crippen molar-refractivity contribution in [1.82, 2.24) is 15.0 Å². The maximum absolute atomic E-state index is 14.7. The summed E-state index contributed by atoms with van der Waals surface area (Å²) in [4.78, 5) is 23.0. The van der Waals surface area contributed by atoms with Gasteiger partial charge in [0.1, 0.15) is 11.8 Å². The molecule has 1 aromatic heterocycles. The second-order valence-corrected chi connectivity index (χ2v) is 16.4. The number of nitriles is 1. The lowest BCUT2D eigenvalue weighted by molar-refractivity contribution is -0.00746. The smallest absolute Gasteiger partial charge is 0.324 e. The van der Waals surface area contributed by atoms with E-state index in [4.69, 9.17) is 9.26 Å². The van der Waals surface area contributed by atoms with Gasteiger partial charge in [0.25, 0.3) is 5.89 Å². The molecule has 2 saturated carbocycles. The zero-order valence-electron chi connectivity index (χ0n) is 30.4. The molecule has 2 bridgehead atoms. The van der Waals surface area contributed by atoms with Crippen molar-refractivity contribution in [2.24, 2.45) is 17.8 Å². The van der Waals surface area contributed by atoms with E-state index < -0.39 is 16.9 Å². The molecule has 2 amide bonds. The number of hydrogen-bond donors (Lipinski definition) is 1. The van der Waals surface area contributed by atoms with E-state index in [2.05, 4.69) is 22.3 Å². The minimum Gasteiger partial charge on any atom is -0.473 e. The number of aromatic nitrogens is 2. The van der Waals surface area contributed by atoms with Gasteiger partial charge in [0.15, 0.2) is 17.1 Å². The highest BCUT2D eigenvalue weighted by Gasteiger charge is 2.48. The van der Waals surface area contributed by atoms with E-state index in [0.717, 1.165) is 68.2 Å². The molecular formula is C40H52FN5O4. The number of amides is 2. The van der Waals surface area contributed by atoms with Gasteiger partial charge in [0.05, 0.1) is 5.60 Å². The average Bonchev–Trinajstić information content (AvgIpc) is 3.61. The number of urea groups is 1. The first kappa shape index (κ1) is 35.8. The predicted octanol–water partition coefficient (Wildman–Crippen LogP) is 8.57. The van der Waals surface area contributed by atoms with E-state index in [-0.39, 0.29) is 29.2 Å². The van der Waals surface area contributed by atoms with Gasteiger partial charge in [-0.2, -0.15) is 10.2 Å². The van der Waals surface area contributed by atoms with Crippen LogP contribution in [0.3, 0.4) is 0 Å². The molecule has 268 valence electrons. The number of carbonyl (C=O) groups is 1. The summed E-state index contributed by atoms with van der Waals surface area (Å²) < 4.78 is 25.9. The molecule has 6 rings (SSSR count). The van der Waals surface area contributed by atoms with E-state index in [1.54, 1.807) is 13.8 Å². The fourth-order valence-corrected chi connectivity index (χ4v) is 8.33. The van der Waals surface area contributed by atoms with Crippen molar-refractivity contribution in [1.29, 1.82) is 5.26 Å². The second kappa shape index (κ2) is 13.6. The zero-order chi connectivity index (χ0) is 35.9. The molecule has 2 aromatic carbocycles. The Balaban J connectivity index is 1.25. The zero-order valence-corrected chi connectivity index (χ0v) is 30.4. The number of alkyl halides is 1. The van der Waals surface area contributed by atoms with Crippen LogP contribution in [-0.4, -0.2) is 57.0 Å².